The molecule has 0 radical (unpaired) electrons. The number of Topliss-reactive ketones (excluding diaryl/α,β-unsaturated/α-hetero) is 1. The molecule has 12 heteroatoms. The molecule has 0 bridgehead atoms. The van der Waals surface area contributed by atoms with Crippen molar-refractivity contribution in [1.29, 1.82) is 0 Å². The van der Waals surface area contributed by atoms with Crippen LogP contribution in [0.4, 0.5) is 0 Å². The molecule has 53 heavy (non-hydrogen) atoms. The number of halogens is 1. The van der Waals surface area contributed by atoms with Crippen molar-refractivity contribution in [3.05, 3.63) is 76.8 Å². The number of likely N-dealkylation sites (tertiary alicyclic amines) is 1. The summed E-state index contributed by atoms with van der Waals surface area (Å²) in [5.74, 6) is -2.49. The molecule has 1 saturated heterocycles. The Morgan fingerprint density at radius 2 is 1.70 bits per heavy atom. The first-order chi connectivity index (χ1) is 25.2. The number of ketones is 1. The molecule has 2 aromatic rings. The van der Waals surface area contributed by atoms with Crippen LogP contribution in [0.3, 0.4) is 0 Å². The summed E-state index contributed by atoms with van der Waals surface area (Å²) in [7, 11) is 0. The second-order valence-corrected chi connectivity index (χ2v) is 16.4. The van der Waals surface area contributed by atoms with Crippen molar-refractivity contribution in [2.45, 2.75) is 122 Å². The zero-order chi connectivity index (χ0) is 38.3. The zero-order valence-corrected chi connectivity index (χ0v) is 32.3. The summed E-state index contributed by atoms with van der Waals surface area (Å²) in [4.78, 5) is 76.8. The Morgan fingerprint density at radius 3 is 2.36 bits per heavy atom. The Kier molecular flexibility index (Phi) is 13.0. The van der Waals surface area contributed by atoms with Gasteiger partial charge in [-0.15, -0.1) is 0 Å². The third kappa shape index (κ3) is 10.1. The molecule has 0 unspecified atom stereocenters. The second-order valence-electron chi connectivity index (χ2n) is 15.9. The number of hydroxylamine groups is 1. The number of carbonyl (C=O) groups is 5. The van der Waals surface area contributed by atoms with Gasteiger partial charge in [0.25, 0.3) is 5.91 Å². The van der Waals surface area contributed by atoms with Gasteiger partial charge in [0.2, 0.25) is 23.5 Å². The Balaban J connectivity index is 1.40. The zero-order valence-electron chi connectivity index (χ0n) is 31.5. The minimum atomic E-state index is -1.11. The first-order valence-corrected chi connectivity index (χ1v) is 19.3. The maximum absolute atomic E-state index is 14.7. The van der Waals surface area contributed by atoms with Gasteiger partial charge in [-0.05, 0) is 61.3 Å². The average molecular weight is 748 g/mol. The minimum Gasteiger partial charge on any atom is -0.344 e. The van der Waals surface area contributed by atoms with Crippen molar-refractivity contribution < 1.29 is 28.8 Å². The van der Waals surface area contributed by atoms with E-state index in [1.807, 2.05) is 76.2 Å². The van der Waals surface area contributed by atoms with E-state index >= 15 is 0 Å². The van der Waals surface area contributed by atoms with Crippen LogP contribution in [0.2, 0.25) is 5.02 Å². The quantitative estimate of drug-likeness (QED) is 0.190. The molecule has 2 aliphatic heterocycles. The largest absolute Gasteiger partial charge is 0.344 e. The van der Waals surface area contributed by atoms with Crippen molar-refractivity contribution in [3.8, 4) is 0 Å². The maximum Gasteiger partial charge on any atom is 0.290 e. The van der Waals surface area contributed by atoms with Crippen LogP contribution in [0.15, 0.2) is 60.7 Å². The first kappa shape index (κ1) is 40.0. The standard InChI is InChI=1S/C41H54ClN5O6/c1-6-14-31(35(49)38(51)43-26(2)28-17-11-8-12-18-28)44-37(50)33-24-41(23-32(46-53-41)29-19-13-20-30(42)22-29)25-47(33)39(52)36(40(3,4)5)45-34(48)21-27-15-9-7-10-16-27/h8,11-13,17-20,22-23,26-27,31,33,36,46H,6-7,9-10,14-16,21,24-25H2,1-5H3,(H,43,51)(H,44,50)(H,45,48)/t26-,31+,33+,36-,41-/m1/s1. The van der Waals surface area contributed by atoms with E-state index in [-0.39, 0.29) is 31.2 Å². The van der Waals surface area contributed by atoms with Gasteiger partial charge < -0.3 is 20.9 Å². The lowest BCUT2D eigenvalue weighted by Crippen LogP contribution is -2.59. The lowest BCUT2D eigenvalue weighted by molar-refractivity contribution is -0.145. The Hall–Kier alpha value is -4.22. The topological polar surface area (TPSA) is 146 Å². The van der Waals surface area contributed by atoms with Crippen molar-refractivity contribution in [2.24, 2.45) is 11.3 Å². The fraction of sp³-hybridized carbons (Fsp3) is 0.537. The van der Waals surface area contributed by atoms with Gasteiger partial charge in [-0.3, -0.25) is 34.3 Å². The van der Waals surface area contributed by atoms with E-state index in [1.165, 1.54) is 11.3 Å². The third-order valence-corrected chi connectivity index (χ3v) is 10.8. The maximum atomic E-state index is 14.7. The third-order valence-electron chi connectivity index (χ3n) is 10.5. The van der Waals surface area contributed by atoms with Gasteiger partial charge in [0, 0.05) is 23.4 Å². The van der Waals surface area contributed by atoms with Crippen LogP contribution in [0.25, 0.3) is 5.70 Å². The average Bonchev–Trinajstić information content (AvgIpc) is 3.73. The molecule has 11 nitrogen and oxygen atoms in total. The molecule has 2 fully saturated rings. The fourth-order valence-corrected chi connectivity index (χ4v) is 7.78. The van der Waals surface area contributed by atoms with Gasteiger partial charge in [-0.2, -0.15) is 0 Å². The molecule has 1 spiro atoms. The van der Waals surface area contributed by atoms with Crippen molar-refractivity contribution >= 4 is 46.7 Å². The summed E-state index contributed by atoms with van der Waals surface area (Å²) < 4.78 is 0. The number of carbonyl (C=O) groups excluding carboxylic acids is 5. The lowest BCUT2D eigenvalue weighted by atomic mass is 9.84. The summed E-state index contributed by atoms with van der Waals surface area (Å²) >= 11 is 6.27. The van der Waals surface area contributed by atoms with E-state index in [1.54, 1.807) is 19.1 Å². The summed E-state index contributed by atoms with van der Waals surface area (Å²) in [6, 6.07) is 13.0. The molecule has 3 aliphatic rings. The molecule has 2 heterocycles. The Bertz CT molecular complexity index is 1690. The minimum absolute atomic E-state index is 0.00747. The van der Waals surface area contributed by atoms with Gasteiger partial charge >= 0.3 is 0 Å². The van der Waals surface area contributed by atoms with Crippen LogP contribution in [0.5, 0.6) is 0 Å². The molecule has 286 valence electrons. The van der Waals surface area contributed by atoms with Crippen LogP contribution in [0.1, 0.15) is 110 Å². The summed E-state index contributed by atoms with van der Waals surface area (Å²) in [5.41, 5.74) is 3.42. The lowest BCUT2D eigenvalue weighted by Gasteiger charge is -2.36. The number of benzene rings is 2. The normalized spacial score (nSPS) is 22.0. The van der Waals surface area contributed by atoms with Crippen molar-refractivity contribution in [3.63, 3.8) is 0 Å². The van der Waals surface area contributed by atoms with E-state index < -0.39 is 58.7 Å². The molecule has 5 rings (SSSR count). The predicted molar refractivity (Wildman–Crippen MR) is 204 cm³/mol. The Morgan fingerprint density at radius 1 is 0.981 bits per heavy atom. The predicted octanol–water partition coefficient (Wildman–Crippen LogP) is 5.79. The summed E-state index contributed by atoms with van der Waals surface area (Å²) in [6.45, 7) is 9.30. The molecule has 1 aliphatic carbocycles. The number of hydrogen-bond donors (Lipinski definition) is 4. The van der Waals surface area contributed by atoms with E-state index in [4.69, 9.17) is 16.4 Å². The number of rotatable bonds is 13. The van der Waals surface area contributed by atoms with Gasteiger partial charge in [0.1, 0.15) is 17.7 Å². The number of nitrogens with one attached hydrogen (secondary N) is 4. The van der Waals surface area contributed by atoms with E-state index in [2.05, 4.69) is 21.4 Å². The molecule has 4 N–H and O–H groups in total. The van der Waals surface area contributed by atoms with Crippen LogP contribution < -0.4 is 21.4 Å². The van der Waals surface area contributed by atoms with Crippen molar-refractivity contribution in [1.82, 2.24) is 26.3 Å². The van der Waals surface area contributed by atoms with Crippen LogP contribution in [0, 0.1) is 11.3 Å². The van der Waals surface area contributed by atoms with Gasteiger partial charge in [0.15, 0.2) is 0 Å². The van der Waals surface area contributed by atoms with Gasteiger partial charge in [-0.25, -0.2) is 0 Å². The molecule has 0 aromatic heterocycles. The highest BCUT2D eigenvalue weighted by atomic mass is 35.5. The molecular formula is C41H54ClN5O6. The van der Waals surface area contributed by atoms with Crippen LogP contribution in [-0.2, 0) is 28.8 Å². The van der Waals surface area contributed by atoms with Crippen LogP contribution >= 0.6 is 11.6 Å². The highest BCUT2D eigenvalue weighted by Gasteiger charge is 2.54. The molecule has 4 amide bonds. The van der Waals surface area contributed by atoms with Gasteiger partial charge in [0.05, 0.1) is 24.3 Å². The van der Waals surface area contributed by atoms with E-state index in [0.29, 0.717) is 23.6 Å². The van der Waals surface area contributed by atoms with Crippen LogP contribution in [-0.4, -0.2) is 64.6 Å². The monoisotopic (exact) mass is 747 g/mol. The van der Waals surface area contributed by atoms with E-state index in [9.17, 15) is 24.0 Å². The number of hydrogen-bond acceptors (Lipinski definition) is 7. The smallest absolute Gasteiger partial charge is 0.290 e. The first-order valence-electron chi connectivity index (χ1n) is 18.9. The Labute approximate surface area is 318 Å². The molecule has 1 saturated carbocycles. The van der Waals surface area contributed by atoms with Crippen molar-refractivity contribution in [2.75, 3.05) is 6.54 Å². The SMILES string of the molecule is CCC[C@H](NC(=O)[C@@H]1C[C@]2(C=C(c3cccc(Cl)c3)NO2)CN1C(=O)[C@@H](NC(=O)CC1CCCCC1)C(C)(C)C)C(=O)C(=O)N[C@H](C)c1ccccc1. The second kappa shape index (κ2) is 17.3. The summed E-state index contributed by atoms with van der Waals surface area (Å²) in [6.07, 6.45) is 8.36. The molecule has 5 atom stereocenters. The molecular weight excluding hydrogens is 694 g/mol. The highest BCUT2D eigenvalue weighted by molar-refractivity contribution is 6.38. The number of amides is 4. The number of nitrogens with zero attached hydrogens (tertiary/aromatic N) is 1. The molecule has 2 aromatic carbocycles. The summed E-state index contributed by atoms with van der Waals surface area (Å²) in [5, 5.41) is 9.15. The van der Waals surface area contributed by atoms with Gasteiger partial charge in [-0.1, -0.05) is 107 Å². The highest BCUT2D eigenvalue weighted by Crippen LogP contribution is 2.39. The fourth-order valence-electron chi connectivity index (χ4n) is 7.59. The van der Waals surface area contributed by atoms with E-state index in [0.717, 1.165) is 36.8 Å².